The zero-order valence-corrected chi connectivity index (χ0v) is 11.6. The van der Waals surface area contributed by atoms with Crippen molar-refractivity contribution in [3.8, 4) is 11.5 Å². The van der Waals surface area contributed by atoms with E-state index in [0.717, 1.165) is 16.0 Å². The molecule has 0 fully saturated rings. The monoisotopic (exact) mass is 298 g/mol. The Morgan fingerprint density at radius 3 is 2.45 bits per heavy atom. The highest BCUT2D eigenvalue weighted by molar-refractivity contribution is 6.22. The molecule has 22 heavy (non-hydrogen) atoms. The van der Waals surface area contributed by atoms with Gasteiger partial charge in [0.05, 0.1) is 17.7 Å². The Kier molecular flexibility index (Phi) is 3.30. The first-order valence-electron chi connectivity index (χ1n) is 6.72. The van der Waals surface area contributed by atoms with Gasteiger partial charge in [-0.25, -0.2) is 0 Å². The summed E-state index contributed by atoms with van der Waals surface area (Å²) in [6.45, 7) is 0.449. The Balaban J connectivity index is 1.95. The summed E-state index contributed by atoms with van der Waals surface area (Å²) in [6.07, 6.45) is 0. The number of amides is 2. The summed E-state index contributed by atoms with van der Waals surface area (Å²) >= 11 is 0. The molecule has 6 nitrogen and oxygen atoms in total. The number of hydrogen-bond acceptors (Lipinski definition) is 5. The van der Waals surface area contributed by atoms with Crippen LogP contribution >= 0.6 is 0 Å². The Bertz CT molecular complexity index is 786. The second kappa shape index (κ2) is 5.16. The molecule has 1 aliphatic heterocycles. The highest BCUT2D eigenvalue weighted by Gasteiger charge is 2.38. The maximum absolute atomic E-state index is 12.3. The van der Waals surface area contributed by atoms with E-state index in [-0.39, 0.29) is 17.7 Å². The van der Waals surface area contributed by atoms with Gasteiger partial charge in [-0.05, 0) is 23.3 Å². The molecule has 2 amide bonds. The summed E-state index contributed by atoms with van der Waals surface area (Å²) in [5.74, 6) is -2.10. The summed E-state index contributed by atoms with van der Waals surface area (Å²) in [6, 6.07) is 9.80. The molecule has 0 radical (unpaired) electrons. The topological polar surface area (TPSA) is 104 Å². The number of aromatic hydroxyl groups is 2. The van der Waals surface area contributed by atoms with Crippen LogP contribution in [0.2, 0.25) is 0 Å². The van der Waals surface area contributed by atoms with Gasteiger partial charge in [-0.1, -0.05) is 24.3 Å². The highest BCUT2D eigenvalue weighted by Crippen LogP contribution is 2.37. The first kappa shape index (κ1) is 14.1. The van der Waals surface area contributed by atoms with Gasteiger partial charge in [0, 0.05) is 6.54 Å². The first-order valence-corrected chi connectivity index (χ1v) is 6.72. The van der Waals surface area contributed by atoms with Crippen LogP contribution in [0.4, 0.5) is 0 Å². The van der Waals surface area contributed by atoms with Gasteiger partial charge in [0.25, 0.3) is 11.8 Å². The van der Waals surface area contributed by atoms with Crippen LogP contribution in [0.5, 0.6) is 11.5 Å². The number of fused-ring (bicyclic) bond motifs is 1. The van der Waals surface area contributed by atoms with Gasteiger partial charge in [-0.3, -0.25) is 14.5 Å². The van der Waals surface area contributed by atoms with E-state index in [1.165, 1.54) is 12.1 Å². The second-order valence-corrected chi connectivity index (χ2v) is 5.08. The fourth-order valence-corrected chi connectivity index (χ4v) is 2.53. The van der Waals surface area contributed by atoms with E-state index in [1.54, 1.807) is 12.1 Å². The van der Waals surface area contributed by atoms with Gasteiger partial charge in [-0.2, -0.15) is 0 Å². The predicted molar refractivity (Wildman–Crippen MR) is 78.3 cm³/mol. The van der Waals surface area contributed by atoms with E-state index in [1.807, 2.05) is 12.1 Å². The van der Waals surface area contributed by atoms with Crippen LogP contribution < -0.4 is 5.73 Å². The Labute approximate surface area is 126 Å². The number of imide groups is 1. The van der Waals surface area contributed by atoms with Crippen molar-refractivity contribution in [2.75, 3.05) is 0 Å². The van der Waals surface area contributed by atoms with E-state index in [4.69, 9.17) is 5.73 Å². The van der Waals surface area contributed by atoms with E-state index < -0.39 is 23.3 Å². The average Bonchev–Trinajstić information content (AvgIpc) is 2.76. The largest absolute Gasteiger partial charge is 0.504 e. The minimum absolute atomic E-state index is 0.0837. The number of rotatable bonds is 3. The quantitative estimate of drug-likeness (QED) is 0.586. The Morgan fingerprint density at radius 2 is 1.73 bits per heavy atom. The molecule has 3 rings (SSSR count). The minimum Gasteiger partial charge on any atom is -0.504 e. The molecule has 0 saturated heterocycles. The standard InChI is InChI=1S/C16H14N2O4/c17-7-9-2-1-3-10(6-9)8-18-15(21)11-4-5-12(19)14(20)13(11)16(18)22/h1-6,19-20H,7-8,17H2. The van der Waals surface area contributed by atoms with Crippen LogP contribution in [0.15, 0.2) is 36.4 Å². The van der Waals surface area contributed by atoms with Crippen LogP contribution in [0.1, 0.15) is 31.8 Å². The fourth-order valence-electron chi connectivity index (χ4n) is 2.53. The van der Waals surface area contributed by atoms with Crippen LogP contribution in [0, 0.1) is 0 Å². The number of nitrogens with two attached hydrogens (primary N) is 1. The number of carbonyl (C=O) groups excluding carboxylic acids is 2. The molecule has 0 aliphatic carbocycles. The van der Waals surface area contributed by atoms with Gasteiger partial charge in [-0.15, -0.1) is 0 Å². The SMILES string of the molecule is NCc1cccc(CN2C(=O)c3ccc(O)c(O)c3C2=O)c1. The molecular formula is C16H14N2O4. The van der Waals surface area contributed by atoms with Crippen molar-refractivity contribution in [3.63, 3.8) is 0 Å². The van der Waals surface area contributed by atoms with Crippen molar-refractivity contribution >= 4 is 11.8 Å². The van der Waals surface area contributed by atoms with E-state index in [2.05, 4.69) is 0 Å². The van der Waals surface area contributed by atoms with Gasteiger partial charge < -0.3 is 15.9 Å². The van der Waals surface area contributed by atoms with Crippen molar-refractivity contribution in [2.24, 2.45) is 5.73 Å². The number of phenolic OH excluding ortho intramolecular Hbond substituents is 2. The lowest BCUT2D eigenvalue weighted by atomic mass is 10.1. The van der Waals surface area contributed by atoms with E-state index in [9.17, 15) is 19.8 Å². The lowest BCUT2D eigenvalue weighted by Gasteiger charge is -2.14. The third-order valence-corrected chi connectivity index (χ3v) is 3.66. The van der Waals surface area contributed by atoms with Crippen molar-refractivity contribution in [1.29, 1.82) is 0 Å². The zero-order chi connectivity index (χ0) is 15.9. The number of phenols is 2. The number of carbonyl (C=O) groups is 2. The minimum atomic E-state index is -0.619. The normalized spacial score (nSPS) is 13.6. The zero-order valence-electron chi connectivity index (χ0n) is 11.6. The van der Waals surface area contributed by atoms with Crippen LogP contribution in [-0.2, 0) is 13.1 Å². The van der Waals surface area contributed by atoms with Crippen LogP contribution in [0.3, 0.4) is 0 Å². The number of hydrogen-bond donors (Lipinski definition) is 3. The fraction of sp³-hybridized carbons (Fsp3) is 0.125. The molecule has 0 saturated carbocycles. The molecule has 0 unspecified atom stereocenters. The van der Waals surface area contributed by atoms with Gasteiger partial charge in [0.15, 0.2) is 11.5 Å². The summed E-state index contributed by atoms with van der Waals surface area (Å²) in [5.41, 5.74) is 7.18. The highest BCUT2D eigenvalue weighted by atomic mass is 16.3. The second-order valence-electron chi connectivity index (χ2n) is 5.08. The molecule has 0 spiro atoms. The smallest absolute Gasteiger partial charge is 0.265 e. The predicted octanol–water partition coefficient (Wildman–Crippen LogP) is 1.35. The van der Waals surface area contributed by atoms with Gasteiger partial charge in [0.2, 0.25) is 0 Å². The van der Waals surface area contributed by atoms with Crippen LogP contribution in [-0.4, -0.2) is 26.9 Å². The summed E-state index contributed by atoms with van der Waals surface area (Å²) < 4.78 is 0. The van der Waals surface area contributed by atoms with Crippen molar-refractivity contribution < 1.29 is 19.8 Å². The lowest BCUT2D eigenvalue weighted by Crippen LogP contribution is -2.29. The third-order valence-electron chi connectivity index (χ3n) is 3.66. The molecule has 4 N–H and O–H groups in total. The van der Waals surface area contributed by atoms with Crippen molar-refractivity contribution in [2.45, 2.75) is 13.1 Å². The Morgan fingerprint density at radius 1 is 1.00 bits per heavy atom. The molecule has 0 bridgehead atoms. The molecular weight excluding hydrogens is 284 g/mol. The maximum atomic E-state index is 12.3. The molecule has 6 heteroatoms. The van der Waals surface area contributed by atoms with Gasteiger partial charge >= 0.3 is 0 Å². The summed E-state index contributed by atoms with van der Waals surface area (Å²) in [5, 5.41) is 19.3. The summed E-state index contributed by atoms with van der Waals surface area (Å²) in [7, 11) is 0. The Hall–Kier alpha value is -2.86. The molecule has 1 aliphatic rings. The van der Waals surface area contributed by atoms with E-state index in [0.29, 0.717) is 6.54 Å². The van der Waals surface area contributed by atoms with E-state index >= 15 is 0 Å². The van der Waals surface area contributed by atoms with Gasteiger partial charge in [0.1, 0.15) is 0 Å². The van der Waals surface area contributed by atoms with Crippen molar-refractivity contribution in [3.05, 3.63) is 58.7 Å². The first-order chi connectivity index (χ1) is 10.5. The average molecular weight is 298 g/mol. The molecule has 1 heterocycles. The van der Waals surface area contributed by atoms with Crippen molar-refractivity contribution in [1.82, 2.24) is 4.90 Å². The number of benzene rings is 2. The lowest BCUT2D eigenvalue weighted by molar-refractivity contribution is 0.0641. The summed E-state index contributed by atoms with van der Waals surface area (Å²) in [4.78, 5) is 25.7. The molecule has 0 atom stereocenters. The molecule has 2 aromatic rings. The third kappa shape index (κ3) is 2.10. The molecule has 0 aromatic heterocycles. The number of nitrogens with zero attached hydrogens (tertiary/aromatic N) is 1. The molecule has 2 aromatic carbocycles. The maximum Gasteiger partial charge on any atom is 0.265 e. The van der Waals surface area contributed by atoms with Crippen LogP contribution in [0.25, 0.3) is 0 Å². The molecule has 112 valence electrons.